The van der Waals surface area contributed by atoms with E-state index in [9.17, 15) is 9.90 Å². The lowest BCUT2D eigenvalue weighted by atomic mass is 10.0. The Labute approximate surface area is 204 Å². The number of benzene rings is 3. The predicted molar refractivity (Wildman–Crippen MR) is 132 cm³/mol. The zero-order chi connectivity index (χ0) is 25.4. The Hall–Kier alpha value is -4.51. The van der Waals surface area contributed by atoms with Crippen molar-refractivity contribution in [2.24, 2.45) is 5.10 Å². The van der Waals surface area contributed by atoms with Crippen LogP contribution in [0.15, 0.2) is 59.7 Å². The number of carbonyl (C=O) groups excluding carboxylic acids is 1. The van der Waals surface area contributed by atoms with Gasteiger partial charge in [0, 0.05) is 11.1 Å². The molecule has 3 aromatic carbocycles. The standard InChI is InChI=1S/C27H27N3O5/c1-17(2)20-7-5-18(6-8-20)16-35-26-24(33-3)11-19(12-25(26)34-4)15-29-30-27(32)21-9-10-23(31)22(13-21)14-28/h5-13,15,17,31H,16H2,1-4H3,(H,30,32). The van der Waals surface area contributed by atoms with Crippen LogP contribution in [0.1, 0.15) is 52.4 Å². The third-order valence-corrected chi connectivity index (χ3v) is 5.27. The number of nitrogens with zero attached hydrogens (tertiary/aromatic N) is 2. The second kappa shape index (κ2) is 11.6. The number of amides is 1. The summed E-state index contributed by atoms with van der Waals surface area (Å²) in [5, 5.41) is 22.5. The van der Waals surface area contributed by atoms with Gasteiger partial charge in [0.2, 0.25) is 5.75 Å². The summed E-state index contributed by atoms with van der Waals surface area (Å²) in [5.41, 5.74) is 5.47. The molecule has 0 fully saturated rings. The maximum atomic E-state index is 12.3. The molecule has 0 aromatic heterocycles. The van der Waals surface area contributed by atoms with Crippen molar-refractivity contribution in [2.45, 2.75) is 26.4 Å². The Kier molecular flexibility index (Phi) is 8.30. The predicted octanol–water partition coefficient (Wildman–Crippen LogP) is 4.75. The van der Waals surface area contributed by atoms with E-state index in [0.29, 0.717) is 35.3 Å². The zero-order valence-electron chi connectivity index (χ0n) is 20.0. The van der Waals surface area contributed by atoms with E-state index in [1.165, 1.54) is 44.2 Å². The number of nitriles is 1. The fourth-order valence-corrected chi connectivity index (χ4v) is 3.27. The Bertz CT molecular complexity index is 1240. The molecule has 1 amide bonds. The van der Waals surface area contributed by atoms with Gasteiger partial charge in [-0.15, -0.1) is 0 Å². The highest BCUT2D eigenvalue weighted by atomic mass is 16.5. The lowest BCUT2D eigenvalue weighted by molar-refractivity contribution is 0.0955. The summed E-state index contributed by atoms with van der Waals surface area (Å²) in [4.78, 5) is 12.3. The summed E-state index contributed by atoms with van der Waals surface area (Å²) in [7, 11) is 3.05. The van der Waals surface area contributed by atoms with E-state index < -0.39 is 5.91 Å². The SMILES string of the molecule is COc1cc(C=NNC(=O)c2ccc(O)c(C#N)c2)cc(OC)c1OCc1ccc(C(C)C)cc1. The Balaban J connectivity index is 1.72. The Morgan fingerprint density at radius 2 is 1.74 bits per heavy atom. The van der Waals surface area contributed by atoms with E-state index in [-0.39, 0.29) is 16.9 Å². The molecule has 8 nitrogen and oxygen atoms in total. The van der Waals surface area contributed by atoms with Gasteiger partial charge in [-0.1, -0.05) is 38.1 Å². The number of rotatable bonds is 9. The van der Waals surface area contributed by atoms with Gasteiger partial charge in [-0.2, -0.15) is 10.4 Å². The van der Waals surface area contributed by atoms with E-state index in [4.69, 9.17) is 19.5 Å². The fourth-order valence-electron chi connectivity index (χ4n) is 3.27. The van der Waals surface area contributed by atoms with Crippen molar-refractivity contribution in [1.82, 2.24) is 5.43 Å². The Morgan fingerprint density at radius 1 is 1.09 bits per heavy atom. The number of phenolic OH excluding ortho intramolecular Hbond substituents is 1. The number of carbonyl (C=O) groups is 1. The van der Waals surface area contributed by atoms with Gasteiger partial charge >= 0.3 is 0 Å². The molecule has 8 heteroatoms. The van der Waals surface area contributed by atoms with Gasteiger partial charge in [0.25, 0.3) is 5.91 Å². The molecule has 3 rings (SSSR count). The molecule has 0 aliphatic carbocycles. The van der Waals surface area contributed by atoms with Gasteiger partial charge in [0.15, 0.2) is 11.5 Å². The summed E-state index contributed by atoms with van der Waals surface area (Å²) in [5.74, 6) is 1.10. The summed E-state index contributed by atoms with van der Waals surface area (Å²) in [6.07, 6.45) is 1.43. The molecule has 0 saturated carbocycles. The summed E-state index contributed by atoms with van der Waals surface area (Å²) >= 11 is 0. The summed E-state index contributed by atoms with van der Waals surface area (Å²) in [6, 6.07) is 17.5. The van der Waals surface area contributed by atoms with E-state index in [0.717, 1.165) is 5.56 Å². The maximum absolute atomic E-state index is 12.3. The van der Waals surface area contributed by atoms with Gasteiger partial charge < -0.3 is 19.3 Å². The number of hydrogen-bond acceptors (Lipinski definition) is 7. The van der Waals surface area contributed by atoms with Gasteiger partial charge in [-0.25, -0.2) is 5.43 Å². The highest BCUT2D eigenvalue weighted by Crippen LogP contribution is 2.38. The van der Waals surface area contributed by atoms with Crippen LogP contribution < -0.4 is 19.6 Å². The highest BCUT2D eigenvalue weighted by molar-refractivity contribution is 5.95. The van der Waals surface area contributed by atoms with Crippen LogP contribution in [0.2, 0.25) is 0 Å². The Morgan fingerprint density at radius 3 is 2.31 bits per heavy atom. The van der Waals surface area contributed by atoms with Crippen molar-refractivity contribution >= 4 is 12.1 Å². The molecule has 0 unspecified atom stereocenters. The first-order valence-electron chi connectivity index (χ1n) is 10.9. The van der Waals surface area contributed by atoms with Gasteiger partial charge in [-0.05, 0) is 47.4 Å². The second-order valence-corrected chi connectivity index (χ2v) is 7.98. The molecule has 0 saturated heterocycles. The van der Waals surface area contributed by atoms with Crippen LogP contribution in [0.3, 0.4) is 0 Å². The van der Waals surface area contributed by atoms with E-state index in [1.807, 2.05) is 18.2 Å². The van der Waals surface area contributed by atoms with E-state index >= 15 is 0 Å². The average molecular weight is 474 g/mol. The molecule has 0 radical (unpaired) electrons. The molecule has 0 atom stereocenters. The first-order chi connectivity index (χ1) is 16.9. The monoisotopic (exact) mass is 473 g/mol. The van der Waals surface area contributed by atoms with Crippen molar-refractivity contribution < 1.29 is 24.1 Å². The van der Waals surface area contributed by atoms with Crippen molar-refractivity contribution in [3.8, 4) is 29.1 Å². The molecule has 0 bridgehead atoms. The molecular formula is C27H27N3O5. The molecule has 0 aliphatic heterocycles. The van der Waals surface area contributed by atoms with Crippen molar-refractivity contribution in [1.29, 1.82) is 5.26 Å². The smallest absolute Gasteiger partial charge is 0.271 e. The second-order valence-electron chi connectivity index (χ2n) is 7.98. The molecular weight excluding hydrogens is 446 g/mol. The van der Waals surface area contributed by atoms with Crippen LogP contribution in [0, 0.1) is 11.3 Å². The highest BCUT2D eigenvalue weighted by Gasteiger charge is 2.15. The summed E-state index contributed by atoms with van der Waals surface area (Å²) < 4.78 is 17.0. The van der Waals surface area contributed by atoms with Gasteiger partial charge in [-0.3, -0.25) is 4.79 Å². The van der Waals surface area contributed by atoms with Gasteiger partial charge in [0.05, 0.1) is 26.0 Å². The van der Waals surface area contributed by atoms with Crippen LogP contribution in [0.4, 0.5) is 0 Å². The maximum Gasteiger partial charge on any atom is 0.271 e. The minimum Gasteiger partial charge on any atom is -0.507 e. The minimum absolute atomic E-state index is 0.00237. The third-order valence-electron chi connectivity index (χ3n) is 5.27. The molecule has 35 heavy (non-hydrogen) atoms. The molecule has 0 aliphatic rings. The molecule has 180 valence electrons. The van der Waals surface area contributed by atoms with Crippen LogP contribution in [0.25, 0.3) is 0 Å². The lowest BCUT2D eigenvalue weighted by Gasteiger charge is -2.15. The number of methoxy groups -OCH3 is 2. The first kappa shape index (κ1) is 25.1. The van der Waals surface area contributed by atoms with E-state index in [1.54, 1.807) is 12.1 Å². The van der Waals surface area contributed by atoms with Crippen molar-refractivity contribution in [3.63, 3.8) is 0 Å². The van der Waals surface area contributed by atoms with Crippen LogP contribution in [-0.2, 0) is 6.61 Å². The molecule has 3 aromatic rings. The topological polar surface area (TPSA) is 113 Å². The molecule has 0 heterocycles. The summed E-state index contributed by atoms with van der Waals surface area (Å²) in [6.45, 7) is 4.64. The van der Waals surface area contributed by atoms with Crippen molar-refractivity contribution in [2.75, 3.05) is 14.2 Å². The first-order valence-corrected chi connectivity index (χ1v) is 10.9. The average Bonchev–Trinajstić information content (AvgIpc) is 2.87. The number of ether oxygens (including phenoxy) is 3. The van der Waals surface area contributed by atoms with Crippen LogP contribution in [0.5, 0.6) is 23.0 Å². The quantitative estimate of drug-likeness (QED) is 0.343. The number of aromatic hydroxyl groups is 1. The lowest BCUT2D eigenvalue weighted by Crippen LogP contribution is -2.17. The minimum atomic E-state index is -0.528. The zero-order valence-corrected chi connectivity index (χ0v) is 20.0. The normalized spacial score (nSPS) is 10.7. The van der Waals surface area contributed by atoms with Crippen LogP contribution >= 0.6 is 0 Å². The third kappa shape index (κ3) is 6.30. The van der Waals surface area contributed by atoms with Gasteiger partial charge in [0.1, 0.15) is 18.4 Å². The number of phenols is 1. The molecule has 0 spiro atoms. The number of nitrogens with one attached hydrogen (secondary N) is 1. The van der Waals surface area contributed by atoms with E-state index in [2.05, 4.69) is 36.5 Å². The largest absolute Gasteiger partial charge is 0.507 e. The number of hydrogen-bond donors (Lipinski definition) is 2. The van der Waals surface area contributed by atoms with Crippen LogP contribution in [-0.4, -0.2) is 31.4 Å². The van der Waals surface area contributed by atoms with Crippen molar-refractivity contribution in [3.05, 3.63) is 82.4 Å². The fraction of sp³-hybridized carbons (Fsp3) is 0.222. The molecule has 2 N–H and O–H groups in total. The number of hydrazone groups is 1.